The van der Waals surface area contributed by atoms with Crippen LogP contribution in [-0.2, 0) is 0 Å². The Labute approximate surface area is 161 Å². The molecule has 1 aliphatic heterocycles. The highest BCUT2D eigenvalue weighted by Gasteiger charge is 2.37. The van der Waals surface area contributed by atoms with E-state index in [1.807, 2.05) is 0 Å². The first-order valence-corrected chi connectivity index (χ1v) is 8.65. The number of nitrogens with zero attached hydrogens (tertiary/aromatic N) is 1. The lowest BCUT2D eigenvalue weighted by Crippen LogP contribution is -2.30. The monoisotopic (exact) mass is 372 g/mol. The van der Waals surface area contributed by atoms with Gasteiger partial charge in [0.05, 0.1) is 22.5 Å². The first-order valence-electron chi connectivity index (χ1n) is 8.65. The van der Waals surface area contributed by atoms with Crippen molar-refractivity contribution in [3.05, 3.63) is 89.0 Å². The number of rotatable bonds is 3. The second-order valence-corrected chi connectivity index (χ2v) is 6.46. The molecule has 0 radical (unpaired) electrons. The van der Waals surface area contributed by atoms with Gasteiger partial charge in [0.15, 0.2) is 0 Å². The maximum atomic E-state index is 12.7. The molecule has 6 nitrogen and oxygen atoms in total. The van der Waals surface area contributed by atoms with E-state index in [0.29, 0.717) is 22.4 Å². The van der Waals surface area contributed by atoms with Crippen molar-refractivity contribution in [2.75, 3.05) is 10.2 Å². The van der Waals surface area contributed by atoms with Gasteiger partial charge in [0.2, 0.25) is 0 Å². The normalized spacial score (nSPS) is 12.8. The number of phenolic OH excluding ortho intramolecular Hbond substituents is 1. The molecular formula is C22H16N2O4. The van der Waals surface area contributed by atoms with Gasteiger partial charge in [-0.05, 0) is 48.9 Å². The van der Waals surface area contributed by atoms with Gasteiger partial charge in [-0.25, -0.2) is 4.90 Å². The van der Waals surface area contributed by atoms with Gasteiger partial charge in [0.25, 0.3) is 17.7 Å². The number of carbonyl (C=O) groups is 3. The zero-order valence-electron chi connectivity index (χ0n) is 15.0. The van der Waals surface area contributed by atoms with Crippen LogP contribution in [0.25, 0.3) is 0 Å². The third-order valence-corrected chi connectivity index (χ3v) is 4.66. The van der Waals surface area contributed by atoms with E-state index in [4.69, 9.17) is 0 Å². The number of aromatic hydroxyl groups is 1. The number of para-hydroxylation sites is 2. The highest BCUT2D eigenvalue weighted by molar-refractivity contribution is 6.34. The Morgan fingerprint density at radius 1 is 0.893 bits per heavy atom. The lowest BCUT2D eigenvalue weighted by Gasteiger charge is -2.18. The molecule has 3 aromatic carbocycles. The van der Waals surface area contributed by atoms with Gasteiger partial charge in [0.1, 0.15) is 5.75 Å². The number of amides is 3. The van der Waals surface area contributed by atoms with E-state index in [9.17, 15) is 19.5 Å². The molecule has 3 aromatic rings. The predicted octanol–water partition coefficient (Wildman–Crippen LogP) is 3.75. The number of carbonyl (C=O) groups excluding carboxylic acids is 3. The summed E-state index contributed by atoms with van der Waals surface area (Å²) in [5, 5.41) is 12.5. The molecule has 0 aliphatic carbocycles. The van der Waals surface area contributed by atoms with E-state index in [-0.39, 0.29) is 17.0 Å². The molecule has 0 aromatic heterocycles. The van der Waals surface area contributed by atoms with E-state index in [1.165, 1.54) is 12.1 Å². The lowest BCUT2D eigenvalue weighted by atomic mass is 10.1. The maximum absolute atomic E-state index is 12.7. The fourth-order valence-corrected chi connectivity index (χ4v) is 3.17. The van der Waals surface area contributed by atoms with E-state index in [0.717, 1.165) is 4.90 Å². The van der Waals surface area contributed by atoms with E-state index < -0.39 is 17.7 Å². The Balaban J connectivity index is 1.69. The third-order valence-electron chi connectivity index (χ3n) is 4.66. The standard InChI is InChI=1S/C22H16N2O4/c1-13-10-11-14(20(26)23-17-8-4-5-9-19(17)25)12-18(13)24-21(27)15-6-2-3-7-16(15)22(24)28/h2-12,25H,1H3,(H,23,26). The van der Waals surface area contributed by atoms with Crippen molar-refractivity contribution in [3.63, 3.8) is 0 Å². The van der Waals surface area contributed by atoms with Gasteiger partial charge < -0.3 is 10.4 Å². The summed E-state index contributed by atoms with van der Waals surface area (Å²) in [4.78, 5) is 39.2. The smallest absolute Gasteiger partial charge is 0.266 e. The minimum Gasteiger partial charge on any atom is -0.506 e. The molecule has 1 heterocycles. The van der Waals surface area contributed by atoms with Crippen LogP contribution in [0.5, 0.6) is 5.75 Å². The molecule has 2 N–H and O–H groups in total. The summed E-state index contributed by atoms with van der Waals surface area (Å²) in [6.07, 6.45) is 0. The summed E-state index contributed by atoms with van der Waals surface area (Å²) < 4.78 is 0. The number of hydrogen-bond acceptors (Lipinski definition) is 4. The zero-order valence-corrected chi connectivity index (χ0v) is 15.0. The fourth-order valence-electron chi connectivity index (χ4n) is 3.17. The molecule has 4 rings (SSSR count). The molecule has 0 atom stereocenters. The van der Waals surface area contributed by atoms with Crippen molar-refractivity contribution < 1.29 is 19.5 Å². The number of aryl methyl sites for hydroxylation is 1. The van der Waals surface area contributed by atoms with Crippen molar-refractivity contribution in [2.45, 2.75) is 6.92 Å². The number of fused-ring (bicyclic) bond motifs is 1. The second kappa shape index (κ2) is 6.66. The molecule has 0 bridgehead atoms. The van der Waals surface area contributed by atoms with Crippen molar-refractivity contribution in [2.24, 2.45) is 0 Å². The van der Waals surface area contributed by atoms with Crippen LogP contribution in [-0.4, -0.2) is 22.8 Å². The maximum Gasteiger partial charge on any atom is 0.266 e. The van der Waals surface area contributed by atoms with Crippen LogP contribution in [0.2, 0.25) is 0 Å². The van der Waals surface area contributed by atoms with Gasteiger partial charge in [-0.3, -0.25) is 14.4 Å². The number of benzene rings is 3. The molecular weight excluding hydrogens is 356 g/mol. The molecule has 1 aliphatic rings. The molecule has 6 heteroatoms. The summed E-state index contributed by atoms with van der Waals surface area (Å²) in [5.41, 5.74) is 2.27. The van der Waals surface area contributed by atoms with Crippen molar-refractivity contribution >= 4 is 29.1 Å². The molecule has 0 fully saturated rings. The minimum atomic E-state index is -0.459. The van der Waals surface area contributed by atoms with Crippen LogP contribution in [0.1, 0.15) is 36.6 Å². The average molecular weight is 372 g/mol. The van der Waals surface area contributed by atoms with Crippen LogP contribution < -0.4 is 10.2 Å². The summed E-state index contributed by atoms with van der Waals surface area (Å²) in [6.45, 7) is 1.77. The Morgan fingerprint density at radius 3 is 2.14 bits per heavy atom. The summed E-state index contributed by atoms with van der Waals surface area (Å²) in [7, 11) is 0. The Kier molecular flexibility index (Phi) is 4.16. The zero-order chi connectivity index (χ0) is 19.8. The van der Waals surface area contributed by atoms with Gasteiger partial charge >= 0.3 is 0 Å². The van der Waals surface area contributed by atoms with Crippen LogP contribution >= 0.6 is 0 Å². The van der Waals surface area contributed by atoms with Crippen LogP contribution in [0, 0.1) is 6.92 Å². The Hall–Kier alpha value is -3.93. The quantitative estimate of drug-likeness (QED) is 0.541. The van der Waals surface area contributed by atoms with Gasteiger partial charge in [-0.1, -0.05) is 30.3 Å². The molecule has 28 heavy (non-hydrogen) atoms. The number of nitrogens with one attached hydrogen (secondary N) is 1. The number of phenols is 1. The first-order chi connectivity index (χ1) is 13.5. The molecule has 0 saturated heterocycles. The van der Waals surface area contributed by atoms with Crippen LogP contribution in [0.4, 0.5) is 11.4 Å². The average Bonchev–Trinajstić information content (AvgIpc) is 2.95. The largest absolute Gasteiger partial charge is 0.506 e. The first kappa shape index (κ1) is 17.5. The molecule has 138 valence electrons. The van der Waals surface area contributed by atoms with Crippen molar-refractivity contribution in [1.29, 1.82) is 0 Å². The summed E-state index contributed by atoms with van der Waals surface area (Å²) in [5.74, 6) is -1.34. The predicted molar refractivity (Wildman–Crippen MR) is 105 cm³/mol. The van der Waals surface area contributed by atoms with Crippen LogP contribution in [0.15, 0.2) is 66.7 Å². The summed E-state index contributed by atoms with van der Waals surface area (Å²) >= 11 is 0. The lowest BCUT2D eigenvalue weighted by molar-refractivity contribution is 0.0923. The Bertz CT molecular complexity index is 1100. The van der Waals surface area contributed by atoms with Crippen LogP contribution in [0.3, 0.4) is 0 Å². The highest BCUT2D eigenvalue weighted by Crippen LogP contribution is 2.31. The van der Waals surface area contributed by atoms with Crippen molar-refractivity contribution in [1.82, 2.24) is 0 Å². The topological polar surface area (TPSA) is 86.7 Å². The van der Waals surface area contributed by atoms with Gasteiger partial charge in [-0.15, -0.1) is 0 Å². The Morgan fingerprint density at radius 2 is 1.50 bits per heavy atom. The second-order valence-electron chi connectivity index (χ2n) is 6.46. The van der Waals surface area contributed by atoms with Gasteiger partial charge in [-0.2, -0.15) is 0 Å². The molecule has 0 spiro atoms. The molecule has 0 unspecified atom stereocenters. The van der Waals surface area contributed by atoms with E-state index in [1.54, 1.807) is 61.5 Å². The minimum absolute atomic E-state index is 0.0523. The number of imide groups is 1. The molecule has 0 saturated carbocycles. The fraction of sp³-hybridized carbons (Fsp3) is 0.0455. The van der Waals surface area contributed by atoms with Crippen molar-refractivity contribution in [3.8, 4) is 5.75 Å². The third kappa shape index (κ3) is 2.81. The SMILES string of the molecule is Cc1ccc(C(=O)Nc2ccccc2O)cc1N1C(=O)c2ccccc2C1=O. The van der Waals surface area contributed by atoms with E-state index >= 15 is 0 Å². The van der Waals surface area contributed by atoms with Gasteiger partial charge in [0, 0.05) is 5.56 Å². The molecule has 3 amide bonds. The number of hydrogen-bond donors (Lipinski definition) is 2. The number of anilines is 2. The highest BCUT2D eigenvalue weighted by atomic mass is 16.3. The van der Waals surface area contributed by atoms with E-state index in [2.05, 4.69) is 5.32 Å². The summed E-state index contributed by atoms with van der Waals surface area (Å²) in [6, 6.07) is 17.8.